The Bertz CT molecular complexity index is 1350. The number of carbonyl (C=O) groups is 3. The number of hydrogen-bond acceptors (Lipinski definition) is 7. The monoisotopic (exact) mass is 582 g/mol. The van der Waals surface area contributed by atoms with Crippen molar-refractivity contribution in [2.45, 2.75) is 6.61 Å². The third-order valence-corrected chi connectivity index (χ3v) is 6.95. The first-order valence-corrected chi connectivity index (χ1v) is 12.7. The predicted molar refractivity (Wildman–Crippen MR) is 146 cm³/mol. The van der Waals surface area contributed by atoms with Gasteiger partial charge in [0.05, 0.1) is 19.1 Å². The van der Waals surface area contributed by atoms with Gasteiger partial charge in [0, 0.05) is 10.2 Å². The highest BCUT2D eigenvalue weighted by Gasteiger charge is 2.36. The van der Waals surface area contributed by atoms with E-state index in [-0.39, 0.29) is 4.91 Å². The van der Waals surface area contributed by atoms with E-state index >= 15 is 0 Å². The number of halogens is 1. The van der Waals surface area contributed by atoms with Crippen LogP contribution in [0.1, 0.15) is 11.1 Å². The fourth-order valence-corrected chi connectivity index (χ4v) is 4.73. The number of nitrogens with one attached hydrogen (secondary N) is 1. The summed E-state index contributed by atoms with van der Waals surface area (Å²) >= 11 is 4.28. The molecule has 3 amide bonds. The fourth-order valence-electron chi connectivity index (χ4n) is 3.47. The molecule has 1 aliphatic heterocycles. The number of hydrogen-bond donors (Lipinski definition) is 1. The van der Waals surface area contributed by atoms with E-state index in [1.807, 2.05) is 30.3 Å². The lowest BCUT2D eigenvalue weighted by atomic mass is 10.1. The molecule has 0 atom stereocenters. The number of ether oxygens (including phenoxy) is 3. The van der Waals surface area contributed by atoms with E-state index in [4.69, 9.17) is 14.2 Å². The van der Waals surface area contributed by atoms with E-state index in [2.05, 4.69) is 21.2 Å². The molecule has 10 heteroatoms. The van der Waals surface area contributed by atoms with Crippen LogP contribution in [0, 0.1) is 0 Å². The van der Waals surface area contributed by atoms with Crippen molar-refractivity contribution in [3.63, 3.8) is 0 Å². The summed E-state index contributed by atoms with van der Waals surface area (Å²) in [7, 11) is 3.07. The predicted octanol–water partition coefficient (Wildman–Crippen LogP) is 5.72. The lowest BCUT2D eigenvalue weighted by molar-refractivity contribution is -0.127. The third-order valence-electron chi connectivity index (χ3n) is 5.36. The highest BCUT2D eigenvalue weighted by molar-refractivity contribution is 9.10. The number of benzene rings is 3. The van der Waals surface area contributed by atoms with Crippen molar-refractivity contribution in [1.29, 1.82) is 0 Å². The van der Waals surface area contributed by atoms with Gasteiger partial charge < -0.3 is 19.5 Å². The van der Waals surface area contributed by atoms with Crippen LogP contribution in [0.15, 0.2) is 76.1 Å². The molecule has 1 aliphatic rings. The maximum absolute atomic E-state index is 12.9. The average Bonchev–Trinajstić information content (AvgIpc) is 3.16. The van der Waals surface area contributed by atoms with Crippen LogP contribution in [0.2, 0.25) is 0 Å². The van der Waals surface area contributed by atoms with Gasteiger partial charge in [-0.3, -0.25) is 19.3 Å². The van der Waals surface area contributed by atoms with Crippen LogP contribution in [0.4, 0.5) is 10.5 Å². The Morgan fingerprint density at radius 3 is 2.41 bits per heavy atom. The molecule has 0 saturated carbocycles. The second-order valence-electron chi connectivity index (χ2n) is 7.84. The summed E-state index contributed by atoms with van der Waals surface area (Å²) < 4.78 is 17.1. The summed E-state index contributed by atoms with van der Waals surface area (Å²) in [4.78, 5) is 39.0. The van der Waals surface area contributed by atoms with Gasteiger partial charge in [0.1, 0.15) is 18.9 Å². The fraction of sp³-hybridized carbons (Fsp3) is 0.148. The summed E-state index contributed by atoms with van der Waals surface area (Å²) in [6.07, 6.45) is 1.58. The standard InChI is InChI=1S/C27H23BrN2O6S/c1-34-20-10-8-19(9-11-20)29-25(31)15-30-26(32)24(37-27(30)33)13-18-12-22(35-2)23(14-21(18)28)36-16-17-6-4-3-5-7-17/h3-14H,15-16H2,1-2H3,(H,29,31)/b24-13+. The first kappa shape index (κ1) is 26.3. The first-order chi connectivity index (χ1) is 17.9. The zero-order valence-electron chi connectivity index (χ0n) is 20.0. The molecule has 1 fully saturated rings. The quantitative estimate of drug-likeness (QED) is 0.322. The Labute approximate surface area is 226 Å². The topological polar surface area (TPSA) is 94.2 Å². The Balaban J connectivity index is 1.45. The van der Waals surface area contributed by atoms with Crippen molar-refractivity contribution in [2.75, 3.05) is 26.1 Å². The average molecular weight is 583 g/mol. The van der Waals surface area contributed by atoms with Crippen molar-refractivity contribution in [3.05, 3.63) is 87.2 Å². The van der Waals surface area contributed by atoms with E-state index < -0.39 is 23.6 Å². The molecule has 3 aromatic rings. The van der Waals surface area contributed by atoms with E-state index in [1.165, 1.54) is 7.11 Å². The summed E-state index contributed by atoms with van der Waals surface area (Å²) in [6.45, 7) is -0.0365. The molecule has 190 valence electrons. The van der Waals surface area contributed by atoms with Crippen LogP contribution >= 0.6 is 27.7 Å². The second-order valence-corrected chi connectivity index (χ2v) is 9.69. The number of nitrogens with zero attached hydrogens (tertiary/aromatic N) is 1. The number of anilines is 1. The summed E-state index contributed by atoms with van der Waals surface area (Å²) in [5, 5.41) is 2.15. The first-order valence-electron chi connectivity index (χ1n) is 11.1. The smallest absolute Gasteiger partial charge is 0.294 e. The number of imide groups is 1. The molecule has 4 rings (SSSR count). The van der Waals surface area contributed by atoms with Crippen molar-refractivity contribution in [1.82, 2.24) is 4.90 Å². The molecule has 1 saturated heterocycles. The van der Waals surface area contributed by atoms with E-state index in [0.29, 0.717) is 39.6 Å². The molecule has 0 radical (unpaired) electrons. The largest absolute Gasteiger partial charge is 0.497 e. The third kappa shape index (κ3) is 6.52. The van der Waals surface area contributed by atoms with Crippen LogP contribution in [0.3, 0.4) is 0 Å². The second kappa shape index (κ2) is 12.0. The van der Waals surface area contributed by atoms with Crippen molar-refractivity contribution in [2.24, 2.45) is 0 Å². The molecule has 3 aromatic carbocycles. The summed E-state index contributed by atoms with van der Waals surface area (Å²) in [5.41, 5.74) is 2.16. The van der Waals surface area contributed by atoms with Gasteiger partial charge in [0.2, 0.25) is 5.91 Å². The molecule has 1 N–H and O–H groups in total. The van der Waals surface area contributed by atoms with Crippen LogP contribution in [0.5, 0.6) is 17.2 Å². The molecular formula is C27H23BrN2O6S. The van der Waals surface area contributed by atoms with E-state index in [9.17, 15) is 14.4 Å². The number of thioether (sulfide) groups is 1. The van der Waals surface area contributed by atoms with Crippen molar-refractivity contribution < 1.29 is 28.6 Å². The van der Waals surface area contributed by atoms with Gasteiger partial charge in [-0.1, -0.05) is 46.3 Å². The lowest BCUT2D eigenvalue weighted by Crippen LogP contribution is -2.36. The maximum atomic E-state index is 12.9. The zero-order chi connectivity index (χ0) is 26.4. The molecule has 37 heavy (non-hydrogen) atoms. The number of methoxy groups -OCH3 is 2. The van der Waals surface area contributed by atoms with Crippen molar-refractivity contribution in [3.8, 4) is 17.2 Å². The minimum absolute atomic E-state index is 0.197. The highest BCUT2D eigenvalue weighted by atomic mass is 79.9. The molecule has 8 nitrogen and oxygen atoms in total. The van der Waals surface area contributed by atoms with Gasteiger partial charge in [-0.2, -0.15) is 0 Å². The van der Waals surface area contributed by atoms with Gasteiger partial charge in [-0.05, 0) is 65.4 Å². The highest BCUT2D eigenvalue weighted by Crippen LogP contribution is 2.38. The number of carbonyl (C=O) groups excluding carboxylic acids is 3. The van der Waals surface area contributed by atoms with Gasteiger partial charge in [-0.25, -0.2) is 0 Å². The number of rotatable bonds is 9. The molecule has 1 heterocycles. The SMILES string of the molecule is COc1ccc(NC(=O)CN2C(=O)S/C(=C/c3cc(OC)c(OCc4ccccc4)cc3Br)C2=O)cc1. The molecule has 0 bridgehead atoms. The van der Waals surface area contributed by atoms with E-state index in [1.54, 1.807) is 49.6 Å². The van der Waals surface area contributed by atoms with Crippen LogP contribution in [-0.4, -0.2) is 42.7 Å². The number of amides is 3. The summed E-state index contributed by atoms with van der Waals surface area (Å²) in [5.74, 6) is 0.612. The Kier molecular flexibility index (Phi) is 8.52. The van der Waals surface area contributed by atoms with Crippen molar-refractivity contribution >= 4 is 56.5 Å². The van der Waals surface area contributed by atoms with Gasteiger partial charge >= 0.3 is 0 Å². The zero-order valence-corrected chi connectivity index (χ0v) is 22.4. The minimum atomic E-state index is -0.546. The maximum Gasteiger partial charge on any atom is 0.294 e. The van der Waals surface area contributed by atoms with Gasteiger partial charge in [-0.15, -0.1) is 0 Å². The van der Waals surface area contributed by atoms with Gasteiger partial charge in [0.25, 0.3) is 11.1 Å². The molecule has 0 aliphatic carbocycles. The van der Waals surface area contributed by atoms with Crippen LogP contribution in [-0.2, 0) is 16.2 Å². The van der Waals surface area contributed by atoms with E-state index in [0.717, 1.165) is 22.2 Å². The van der Waals surface area contributed by atoms with Crippen LogP contribution < -0.4 is 19.5 Å². The van der Waals surface area contributed by atoms with Gasteiger partial charge in [0.15, 0.2) is 11.5 Å². The molecule has 0 unspecified atom stereocenters. The minimum Gasteiger partial charge on any atom is -0.497 e. The lowest BCUT2D eigenvalue weighted by Gasteiger charge is -2.13. The Morgan fingerprint density at radius 2 is 1.73 bits per heavy atom. The Morgan fingerprint density at radius 1 is 1.00 bits per heavy atom. The molecular weight excluding hydrogens is 560 g/mol. The molecule has 0 aromatic heterocycles. The van der Waals surface area contributed by atoms with Crippen LogP contribution in [0.25, 0.3) is 6.08 Å². The normalized spacial score (nSPS) is 14.1. The Hall–Kier alpha value is -3.76. The summed E-state index contributed by atoms with van der Waals surface area (Å²) in [6, 6.07) is 19.9. The molecule has 0 spiro atoms.